The summed E-state index contributed by atoms with van der Waals surface area (Å²) in [6.45, 7) is 0. The Morgan fingerprint density at radius 2 is 2.38 bits per heavy atom. The van der Waals surface area contributed by atoms with Gasteiger partial charge in [-0.1, -0.05) is 11.6 Å². The number of hydrogen-bond acceptors (Lipinski definition) is 2. The summed E-state index contributed by atoms with van der Waals surface area (Å²) in [5.74, 6) is 0. The predicted octanol–water partition coefficient (Wildman–Crippen LogP) is 2.59. The van der Waals surface area contributed by atoms with Crippen molar-refractivity contribution in [1.29, 1.82) is 0 Å². The van der Waals surface area contributed by atoms with Gasteiger partial charge >= 0.3 is 0 Å². The van der Waals surface area contributed by atoms with Crippen LogP contribution in [0.25, 0.3) is 0 Å². The molecule has 0 unspecified atom stereocenters. The van der Waals surface area contributed by atoms with E-state index in [1.807, 2.05) is 0 Å². The maximum Gasteiger partial charge on any atom is 0.0960 e. The van der Waals surface area contributed by atoms with E-state index in [-0.39, 0.29) is 0 Å². The molecule has 1 nitrogen and oxygen atoms in total. The van der Waals surface area contributed by atoms with Gasteiger partial charge in [0.15, 0.2) is 0 Å². The van der Waals surface area contributed by atoms with Gasteiger partial charge in [-0.25, -0.2) is 0 Å². The zero-order chi connectivity index (χ0) is 6.15. The molecule has 0 saturated heterocycles. The normalized spacial score (nSPS) is 9.75. The Kier molecular flexibility index (Phi) is 2.00. The van der Waals surface area contributed by atoms with E-state index in [9.17, 15) is 0 Å². The summed E-state index contributed by atoms with van der Waals surface area (Å²) >= 11 is 9.25. The van der Waals surface area contributed by atoms with Crippen LogP contribution < -0.4 is 5.73 Å². The van der Waals surface area contributed by atoms with E-state index in [0.29, 0.717) is 0 Å². The third-order valence-electron chi connectivity index (χ3n) is 0.683. The second-order valence-corrected chi connectivity index (χ2v) is 4.77. The van der Waals surface area contributed by atoms with Crippen LogP contribution in [0, 0.1) is 2.88 Å². The third kappa shape index (κ3) is 1.27. The number of hydrogen-bond donors (Lipinski definition) is 1. The van der Waals surface area contributed by atoms with Crippen LogP contribution in [0.4, 0.5) is 5.69 Å². The molecule has 0 bridgehead atoms. The van der Waals surface area contributed by atoms with Crippen LogP contribution in [-0.2, 0) is 0 Å². The van der Waals surface area contributed by atoms with Gasteiger partial charge in [0.25, 0.3) is 0 Å². The number of nitrogens with two attached hydrogens (primary N) is 1. The Hall–Kier alpha value is 0.520. The van der Waals surface area contributed by atoms with Crippen molar-refractivity contribution in [3.63, 3.8) is 0 Å². The topological polar surface area (TPSA) is 26.0 Å². The first-order chi connectivity index (χ1) is 3.70. The van der Waals surface area contributed by atoms with Crippen LogP contribution in [0.2, 0.25) is 4.34 Å². The maximum absolute atomic E-state index is 5.60. The van der Waals surface area contributed by atoms with Crippen LogP contribution in [0.1, 0.15) is 0 Å². The molecule has 0 aliphatic rings. The van der Waals surface area contributed by atoms with Gasteiger partial charge in [0, 0.05) is 0 Å². The van der Waals surface area contributed by atoms with E-state index in [2.05, 4.69) is 22.6 Å². The van der Waals surface area contributed by atoms with Crippen molar-refractivity contribution in [2.24, 2.45) is 0 Å². The Labute approximate surface area is 70.0 Å². The van der Waals surface area contributed by atoms with Gasteiger partial charge in [0.05, 0.1) is 12.9 Å². The number of halogens is 2. The molecule has 0 spiro atoms. The van der Waals surface area contributed by atoms with Crippen LogP contribution >= 0.6 is 45.5 Å². The first-order valence-corrected chi connectivity index (χ1v) is 4.18. The minimum atomic E-state index is 0.756. The van der Waals surface area contributed by atoms with E-state index in [1.54, 1.807) is 6.07 Å². The third-order valence-corrected chi connectivity index (χ3v) is 3.03. The van der Waals surface area contributed by atoms with Gasteiger partial charge in [-0.15, -0.1) is 11.3 Å². The molecule has 0 amide bonds. The summed E-state index contributed by atoms with van der Waals surface area (Å²) in [5.41, 5.74) is 6.24. The molecule has 1 rings (SSSR count). The lowest BCUT2D eigenvalue weighted by Crippen LogP contribution is -1.79. The quantitative estimate of drug-likeness (QED) is 0.712. The highest BCUT2D eigenvalue weighted by molar-refractivity contribution is 14.1. The molecule has 44 valence electrons. The number of nitrogen functional groups attached to an aromatic ring is 1. The molecular weight excluding hydrogens is 256 g/mol. The van der Waals surface area contributed by atoms with Crippen LogP contribution in [0.5, 0.6) is 0 Å². The summed E-state index contributed by atoms with van der Waals surface area (Å²) in [6.07, 6.45) is 0. The summed E-state index contributed by atoms with van der Waals surface area (Å²) in [4.78, 5) is 0. The SMILES string of the molecule is Nc1cc(Cl)sc1I. The number of rotatable bonds is 0. The minimum absolute atomic E-state index is 0.756. The summed E-state index contributed by atoms with van der Waals surface area (Å²) < 4.78 is 1.82. The predicted molar refractivity (Wildman–Crippen MR) is 46.5 cm³/mol. The summed E-state index contributed by atoms with van der Waals surface area (Å²) in [5, 5.41) is 0. The minimum Gasteiger partial charge on any atom is -0.397 e. The molecule has 0 atom stereocenters. The highest BCUT2D eigenvalue weighted by Gasteiger charge is 1.98. The average Bonchev–Trinajstić information content (AvgIpc) is 1.85. The molecule has 0 radical (unpaired) electrons. The average molecular weight is 259 g/mol. The monoisotopic (exact) mass is 259 g/mol. The molecule has 1 aromatic rings. The Balaban J connectivity index is 3.14. The second-order valence-electron chi connectivity index (χ2n) is 1.28. The molecule has 4 heteroatoms. The zero-order valence-electron chi connectivity index (χ0n) is 3.82. The molecule has 8 heavy (non-hydrogen) atoms. The second kappa shape index (κ2) is 2.41. The number of anilines is 1. The van der Waals surface area contributed by atoms with Crippen molar-refractivity contribution >= 4 is 51.2 Å². The van der Waals surface area contributed by atoms with E-state index < -0.39 is 0 Å². The van der Waals surface area contributed by atoms with Crippen LogP contribution in [-0.4, -0.2) is 0 Å². The van der Waals surface area contributed by atoms with Gasteiger partial charge < -0.3 is 5.73 Å². The Bertz CT molecular complexity index is 178. The summed E-state index contributed by atoms with van der Waals surface area (Å²) in [7, 11) is 0. The first-order valence-electron chi connectivity index (χ1n) is 1.90. The maximum atomic E-state index is 5.60. The van der Waals surface area contributed by atoms with Gasteiger partial charge in [0.1, 0.15) is 0 Å². The highest BCUT2D eigenvalue weighted by atomic mass is 127. The van der Waals surface area contributed by atoms with Crippen molar-refractivity contribution in [3.05, 3.63) is 13.3 Å². The molecule has 0 aromatic carbocycles. The molecule has 1 aromatic heterocycles. The molecule has 0 aliphatic carbocycles. The fourth-order valence-electron chi connectivity index (χ4n) is 0.353. The van der Waals surface area contributed by atoms with Crippen LogP contribution in [0.3, 0.4) is 0 Å². The van der Waals surface area contributed by atoms with Gasteiger partial charge in [-0.3, -0.25) is 0 Å². The molecular formula is C4H3ClINS. The fraction of sp³-hybridized carbons (Fsp3) is 0. The molecule has 1 heterocycles. The zero-order valence-corrected chi connectivity index (χ0v) is 7.55. The molecule has 0 fully saturated rings. The number of thiophene rings is 1. The lowest BCUT2D eigenvalue weighted by Gasteiger charge is -1.78. The van der Waals surface area contributed by atoms with E-state index in [1.165, 1.54) is 11.3 Å². The van der Waals surface area contributed by atoms with Crippen molar-refractivity contribution in [1.82, 2.24) is 0 Å². The van der Waals surface area contributed by atoms with E-state index in [0.717, 1.165) is 12.9 Å². The van der Waals surface area contributed by atoms with Crippen molar-refractivity contribution in [2.45, 2.75) is 0 Å². The van der Waals surface area contributed by atoms with Gasteiger partial charge in [-0.2, -0.15) is 0 Å². The molecule has 0 saturated carbocycles. The van der Waals surface area contributed by atoms with Crippen molar-refractivity contribution in [3.8, 4) is 0 Å². The van der Waals surface area contributed by atoms with Crippen molar-refractivity contribution in [2.75, 3.05) is 5.73 Å². The fourth-order valence-corrected chi connectivity index (χ4v) is 2.49. The lowest BCUT2D eigenvalue weighted by atomic mass is 10.6. The van der Waals surface area contributed by atoms with Gasteiger partial charge in [0.2, 0.25) is 0 Å². The smallest absolute Gasteiger partial charge is 0.0960 e. The largest absolute Gasteiger partial charge is 0.397 e. The highest BCUT2D eigenvalue weighted by Crippen LogP contribution is 2.29. The van der Waals surface area contributed by atoms with Crippen LogP contribution in [0.15, 0.2) is 6.07 Å². The standard InChI is InChI=1S/C4H3ClINS/c5-3-1-2(7)4(6)8-3/h1H,7H2. The molecule has 0 aliphatic heterocycles. The van der Waals surface area contributed by atoms with Crippen molar-refractivity contribution < 1.29 is 0 Å². The summed E-state index contributed by atoms with van der Waals surface area (Å²) in [6, 6.07) is 1.76. The Morgan fingerprint density at radius 1 is 1.75 bits per heavy atom. The van der Waals surface area contributed by atoms with Gasteiger partial charge in [-0.05, 0) is 28.7 Å². The molecule has 2 N–H and O–H groups in total. The lowest BCUT2D eigenvalue weighted by molar-refractivity contribution is 1.84. The van der Waals surface area contributed by atoms with E-state index in [4.69, 9.17) is 17.3 Å². The van der Waals surface area contributed by atoms with E-state index >= 15 is 0 Å². The first kappa shape index (κ1) is 6.64. The Morgan fingerprint density at radius 3 is 2.50 bits per heavy atom.